The summed E-state index contributed by atoms with van der Waals surface area (Å²) in [7, 11) is 0. The number of aliphatic imine (C=N–C) groups is 1. The molecule has 0 unspecified atom stereocenters. The molecule has 3 rings (SSSR count). The Hall–Kier alpha value is -0.750. The summed E-state index contributed by atoms with van der Waals surface area (Å²) in [4.78, 5) is 13.1. The van der Waals surface area contributed by atoms with Gasteiger partial charge in [0.2, 0.25) is 0 Å². The largest absolute Gasteiger partial charge is 0.370 e. The predicted molar refractivity (Wildman–Crippen MR) is 92.5 cm³/mol. The second kappa shape index (κ2) is 7.49. The van der Waals surface area contributed by atoms with E-state index in [0.29, 0.717) is 0 Å². The quantitative estimate of drug-likeness (QED) is 0.525. The Morgan fingerprint density at radius 2 is 2.05 bits per heavy atom. The van der Waals surface area contributed by atoms with E-state index in [4.69, 9.17) is 10.7 Å². The van der Waals surface area contributed by atoms with Crippen molar-refractivity contribution >= 4 is 29.1 Å². The van der Waals surface area contributed by atoms with Crippen LogP contribution in [0, 0.1) is 0 Å². The van der Waals surface area contributed by atoms with Crippen LogP contribution in [0.1, 0.15) is 34.8 Å². The van der Waals surface area contributed by atoms with Crippen molar-refractivity contribution in [2.75, 3.05) is 31.1 Å². The highest BCUT2D eigenvalue weighted by molar-refractivity contribution is 7.99. The van der Waals surface area contributed by atoms with E-state index in [1.54, 1.807) is 0 Å². The van der Waals surface area contributed by atoms with Crippen molar-refractivity contribution in [1.29, 1.82) is 0 Å². The van der Waals surface area contributed by atoms with E-state index in [1.807, 2.05) is 23.1 Å². The first-order valence-electron chi connectivity index (χ1n) is 7.93. The van der Waals surface area contributed by atoms with Crippen LogP contribution in [0.25, 0.3) is 0 Å². The van der Waals surface area contributed by atoms with E-state index >= 15 is 0 Å². The minimum atomic E-state index is 0.730. The van der Waals surface area contributed by atoms with Crippen LogP contribution in [0.5, 0.6) is 0 Å². The van der Waals surface area contributed by atoms with Gasteiger partial charge in [0.25, 0.3) is 0 Å². The molecule has 2 heterocycles. The molecule has 1 saturated heterocycles. The number of hydrogen-bond acceptors (Lipinski definition) is 4. The Balaban J connectivity index is 1.44. The van der Waals surface area contributed by atoms with Gasteiger partial charge in [-0.3, -0.25) is 4.99 Å². The molecule has 1 fully saturated rings. The Bertz CT molecular complexity index is 468. The summed E-state index contributed by atoms with van der Waals surface area (Å²) in [6, 6.07) is 0. The molecule has 0 amide bonds. The van der Waals surface area contributed by atoms with Crippen molar-refractivity contribution in [2.45, 2.75) is 38.5 Å². The average Bonchev–Trinajstić information content (AvgIpc) is 2.95. The molecule has 0 bridgehead atoms. The van der Waals surface area contributed by atoms with Crippen LogP contribution in [0.15, 0.2) is 4.99 Å². The minimum absolute atomic E-state index is 0.730. The SMILES string of the molecule is NC(=NCCCc1nc2c(s1)CCCC2)N1CCSCC1. The van der Waals surface area contributed by atoms with Crippen molar-refractivity contribution in [2.24, 2.45) is 10.7 Å². The van der Waals surface area contributed by atoms with Gasteiger partial charge in [0.1, 0.15) is 0 Å². The van der Waals surface area contributed by atoms with Gasteiger partial charge >= 0.3 is 0 Å². The Morgan fingerprint density at radius 1 is 1.24 bits per heavy atom. The summed E-state index contributed by atoms with van der Waals surface area (Å²) < 4.78 is 0. The number of aromatic nitrogens is 1. The highest BCUT2D eigenvalue weighted by atomic mass is 32.2. The van der Waals surface area contributed by atoms with Gasteiger partial charge in [-0.25, -0.2) is 4.98 Å². The standard InChI is InChI=1S/C15H24N4S2/c16-15(19-8-10-20-11-9-19)17-7-3-6-14-18-12-4-1-2-5-13(12)21-14/h1-11H2,(H2,16,17). The second-order valence-corrected chi connectivity index (χ2v) is 8.02. The van der Waals surface area contributed by atoms with Gasteiger partial charge in [-0.05, 0) is 32.1 Å². The highest BCUT2D eigenvalue weighted by Crippen LogP contribution is 2.27. The lowest BCUT2D eigenvalue weighted by atomic mass is 10.0. The van der Waals surface area contributed by atoms with Crippen LogP contribution in [0.3, 0.4) is 0 Å². The smallest absolute Gasteiger partial charge is 0.191 e. The number of guanidine groups is 1. The van der Waals surface area contributed by atoms with Gasteiger partial charge in [0, 0.05) is 42.4 Å². The van der Waals surface area contributed by atoms with Gasteiger partial charge in [-0.15, -0.1) is 11.3 Å². The molecule has 2 N–H and O–H groups in total. The molecule has 0 atom stereocenters. The van der Waals surface area contributed by atoms with Crippen molar-refractivity contribution in [3.05, 3.63) is 15.6 Å². The molecular weight excluding hydrogens is 300 g/mol. The first kappa shape index (κ1) is 15.2. The zero-order valence-corrected chi connectivity index (χ0v) is 14.1. The maximum atomic E-state index is 6.06. The third-order valence-electron chi connectivity index (χ3n) is 4.05. The maximum Gasteiger partial charge on any atom is 0.191 e. The van der Waals surface area contributed by atoms with Crippen LogP contribution >= 0.6 is 23.1 Å². The zero-order chi connectivity index (χ0) is 14.5. The van der Waals surface area contributed by atoms with Crippen molar-refractivity contribution in [3.63, 3.8) is 0 Å². The summed E-state index contributed by atoms with van der Waals surface area (Å²) in [5.41, 5.74) is 7.43. The van der Waals surface area contributed by atoms with Crippen LogP contribution in [-0.2, 0) is 19.3 Å². The molecule has 0 saturated carbocycles. The number of nitrogens with two attached hydrogens (primary N) is 1. The molecule has 2 aliphatic rings. The number of fused-ring (bicyclic) bond motifs is 1. The fourth-order valence-corrected chi connectivity index (χ4v) is 4.93. The molecule has 4 nitrogen and oxygen atoms in total. The van der Waals surface area contributed by atoms with Crippen LogP contribution in [0.2, 0.25) is 0 Å². The van der Waals surface area contributed by atoms with E-state index in [-0.39, 0.29) is 0 Å². The number of hydrogen-bond donors (Lipinski definition) is 1. The average molecular weight is 325 g/mol. The molecule has 116 valence electrons. The Morgan fingerprint density at radius 3 is 2.86 bits per heavy atom. The maximum absolute atomic E-state index is 6.06. The van der Waals surface area contributed by atoms with Gasteiger partial charge in [0.05, 0.1) is 10.7 Å². The zero-order valence-electron chi connectivity index (χ0n) is 12.5. The lowest BCUT2D eigenvalue weighted by Gasteiger charge is -2.27. The molecule has 1 aliphatic carbocycles. The molecular formula is C15H24N4S2. The van der Waals surface area contributed by atoms with Crippen molar-refractivity contribution < 1.29 is 0 Å². The number of thiazole rings is 1. The van der Waals surface area contributed by atoms with Crippen molar-refractivity contribution in [1.82, 2.24) is 9.88 Å². The summed E-state index contributed by atoms with van der Waals surface area (Å²) in [6.07, 6.45) is 7.17. The highest BCUT2D eigenvalue weighted by Gasteiger charge is 2.15. The number of aryl methyl sites for hydroxylation is 3. The first-order valence-corrected chi connectivity index (χ1v) is 9.90. The molecule has 1 aromatic rings. The van der Waals surface area contributed by atoms with Gasteiger partial charge in [-0.1, -0.05) is 0 Å². The van der Waals surface area contributed by atoms with Gasteiger partial charge in [0.15, 0.2) is 5.96 Å². The summed E-state index contributed by atoms with van der Waals surface area (Å²) in [5, 5.41) is 1.30. The normalized spacial score (nSPS) is 19.6. The number of rotatable bonds is 4. The van der Waals surface area contributed by atoms with E-state index in [2.05, 4.69) is 9.89 Å². The van der Waals surface area contributed by atoms with Gasteiger partial charge < -0.3 is 10.6 Å². The number of thioether (sulfide) groups is 1. The van der Waals surface area contributed by atoms with E-state index in [1.165, 1.54) is 52.8 Å². The fourth-order valence-electron chi connectivity index (χ4n) is 2.83. The first-order chi connectivity index (χ1) is 10.3. The molecule has 6 heteroatoms. The number of nitrogens with zero attached hydrogens (tertiary/aromatic N) is 3. The molecule has 0 spiro atoms. The van der Waals surface area contributed by atoms with Gasteiger partial charge in [-0.2, -0.15) is 11.8 Å². The molecule has 1 aliphatic heterocycles. The van der Waals surface area contributed by atoms with Crippen LogP contribution in [-0.4, -0.2) is 47.0 Å². The van der Waals surface area contributed by atoms with E-state index < -0.39 is 0 Å². The molecule has 0 aromatic carbocycles. The molecule has 0 radical (unpaired) electrons. The summed E-state index contributed by atoms with van der Waals surface area (Å²) >= 11 is 3.91. The lowest BCUT2D eigenvalue weighted by molar-refractivity contribution is 0.455. The topological polar surface area (TPSA) is 54.5 Å². The van der Waals surface area contributed by atoms with Crippen molar-refractivity contribution in [3.8, 4) is 0 Å². The minimum Gasteiger partial charge on any atom is -0.370 e. The summed E-state index contributed by atoms with van der Waals surface area (Å²) in [5.74, 6) is 3.07. The third kappa shape index (κ3) is 4.13. The monoisotopic (exact) mass is 324 g/mol. The Labute approximate surface area is 135 Å². The molecule has 1 aromatic heterocycles. The Kier molecular flexibility index (Phi) is 5.41. The summed E-state index contributed by atoms with van der Waals surface area (Å²) in [6.45, 7) is 2.90. The molecule has 21 heavy (non-hydrogen) atoms. The van der Waals surface area contributed by atoms with Crippen LogP contribution in [0.4, 0.5) is 0 Å². The predicted octanol–water partition coefficient (Wildman–Crippen LogP) is 2.32. The van der Waals surface area contributed by atoms with E-state index in [9.17, 15) is 0 Å². The fraction of sp³-hybridized carbons (Fsp3) is 0.733. The van der Waals surface area contributed by atoms with E-state index in [0.717, 1.165) is 38.4 Å². The third-order valence-corrected chi connectivity index (χ3v) is 6.21. The second-order valence-electron chi connectivity index (χ2n) is 5.63. The van der Waals surface area contributed by atoms with Crippen LogP contribution < -0.4 is 5.73 Å². The lowest BCUT2D eigenvalue weighted by Crippen LogP contribution is -2.42.